The topological polar surface area (TPSA) is 67.6 Å². The van der Waals surface area contributed by atoms with Crippen LogP contribution in [0.15, 0.2) is 70.3 Å². The molecule has 0 bridgehead atoms. The van der Waals surface area contributed by atoms with Gasteiger partial charge in [0.2, 0.25) is 5.16 Å². The van der Waals surface area contributed by atoms with Gasteiger partial charge in [0.05, 0.1) is 5.69 Å². The molecule has 4 rings (SSSR count). The Labute approximate surface area is 155 Å². The van der Waals surface area contributed by atoms with Crippen LogP contribution in [-0.4, -0.2) is 20.3 Å². The van der Waals surface area contributed by atoms with Crippen molar-refractivity contribution < 1.29 is 4.52 Å². The molecule has 0 aliphatic heterocycles. The largest absolute Gasteiger partial charge is 0.356 e. The van der Waals surface area contributed by atoms with Gasteiger partial charge in [-0.2, -0.15) is 0 Å². The molecule has 0 amide bonds. The van der Waals surface area contributed by atoms with E-state index >= 15 is 0 Å². The smallest absolute Gasteiger partial charge is 0.209 e. The number of hydrogen-bond donors (Lipinski definition) is 1. The van der Waals surface area contributed by atoms with Crippen molar-refractivity contribution in [1.29, 1.82) is 0 Å². The zero-order chi connectivity index (χ0) is 17.8. The summed E-state index contributed by atoms with van der Waals surface area (Å²) in [7, 11) is 0. The molecule has 2 aromatic carbocycles. The van der Waals surface area contributed by atoms with Crippen molar-refractivity contribution in [2.45, 2.75) is 24.3 Å². The van der Waals surface area contributed by atoms with Gasteiger partial charge in [-0.05, 0) is 12.0 Å². The first kappa shape index (κ1) is 16.6. The summed E-state index contributed by atoms with van der Waals surface area (Å²) in [5.41, 5.74) is 4.23. The lowest BCUT2D eigenvalue weighted by Gasteiger charge is -1.98. The van der Waals surface area contributed by atoms with Crippen LogP contribution < -0.4 is 0 Å². The summed E-state index contributed by atoms with van der Waals surface area (Å²) in [4.78, 5) is 4.55. The monoisotopic (exact) mass is 362 g/mol. The lowest BCUT2D eigenvalue weighted by Crippen LogP contribution is -1.83. The molecule has 0 aliphatic carbocycles. The van der Waals surface area contributed by atoms with Crippen molar-refractivity contribution >= 4 is 11.8 Å². The normalized spacial score (nSPS) is 11.0. The molecule has 130 valence electrons. The molecule has 0 unspecified atom stereocenters. The molecule has 0 radical (unpaired) electrons. The minimum Gasteiger partial charge on any atom is -0.356 e. The fourth-order valence-corrected chi connectivity index (χ4v) is 3.27. The van der Waals surface area contributed by atoms with Gasteiger partial charge in [-0.25, -0.2) is 4.98 Å². The number of nitrogens with one attached hydrogen (secondary N) is 1. The Morgan fingerprint density at radius 3 is 2.58 bits per heavy atom. The zero-order valence-corrected chi connectivity index (χ0v) is 15.2. The Morgan fingerprint density at radius 1 is 1.00 bits per heavy atom. The van der Waals surface area contributed by atoms with Gasteiger partial charge in [-0.15, -0.1) is 5.10 Å². The Kier molecular flexibility index (Phi) is 4.84. The molecule has 0 saturated heterocycles. The predicted octanol–water partition coefficient (Wildman–Crippen LogP) is 4.98. The molecule has 2 aromatic heterocycles. The SMILES string of the molecule is CCc1ccc(-c2nc(SCc3cc(-c4ccccc4)on3)n[nH]2)cc1. The highest BCUT2D eigenvalue weighted by atomic mass is 32.2. The number of nitrogens with zero attached hydrogens (tertiary/aromatic N) is 3. The lowest BCUT2D eigenvalue weighted by molar-refractivity contribution is 0.426. The van der Waals surface area contributed by atoms with Crippen LogP contribution in [-0.2, 0) is 12.2 Å². The van der Waals surface area contributed by atoms with Crippen LogP contribution in [0.1, 0.15) is 18.2 Å². The summed E-state index contributed by atoms with van der Waals surface area (Å²) < 4.78 is 5.42. The molecular weight excluding hydrogens is 344 g/mol. The number of H-pyrrole nitrogens is 1. The van der Waals surface area contributed by atoms with Crippen LogP contribution in [0.5, 0.6) is 0 Å². The molecule has 0 fully saturated rings. The fraction of sp³-hybridized carbons (Fsp3) is 0.150. The highest BCUT2D eigenvalue weighted by molar-refractivity contribution is 7.98. The Bertz CT molecular complexity index is 976. The summed E-state index contributed by atoms with van der Waals surface area (Å²) in [6, 6.07) is 20.3. The maximum absolute atomic E-state index is 5.42. The van der Waals surface area contributed by atoms with E-state index in [-0.39, 0.29) is 0 Å². The minimum absolute atomic E-state index is 0.655. The molecule has 5 nitrogen and oxygen atoms in total. The molecule has 2 heterocycles. The summed E-state index contributed by atoms with van der Waals surface area (Å²) in [5, 5.41) is 12.1. The Hall–Kier alpha value is -2.86. The number of aromatic amines is 1. The molecule has 0 aliphatic rings. The van der Waals surface area contributed by atoms with E-state index in [0.717, 1.165) is 34.8 Å². The predicted molar refractivity (Wildman–Crippen MR) is 103 cm³/mol. The van der Waals surface area contributed by atoms with Crippen LogP contribution in [0.3, 0.4) is 0 Å². The van der Waals surface area contributed by atoms with E-state index in [4.69, 9.17) is 4.52 Å². The van der Waals surface area contributed by atoms with Crippen LogP contribution in [0, 0.1) is 0 Å². The van der Waals surface area contributed by atoms with Crippen LogP contribution in [0.25, 0.3) is 22.7 Å². The van der Waals surface area contributed by atoms with Gasteiger partial charge >= 0.3 is 0 Å². The number of aromatic nitrogens is 4. The first-order valence-electron chi connectivity index (χ1n) is 8.47. The molecule has 0 atom stereocenters. The van der Waals surface area contributed by atoms with E-state index in [1.165, 1.54) is 17.3 Å². The zero-order valence-electron chi connectivity index (χ0n) is 14.3. The lowest BCUT2D eigenvalue weighted by atomic mass is 10.1. The average molecular weight is 362 g/mol. The number of benzene rings is 2. The maximum atomic E-state index is 5.42. The second-order valence-electron chi connectivity index (χ2n) is 5.85. The number of hydrogen-bond acceptors (Lipinski definition) is 5. The van der Waals surface area contributed by atoms with Gasteiger partial charge in [-0.1, -0.05) is 78.4 Å². The van der Waals surface area contributed by atoms with Gasteiger partial charge < -0.3 is 4.52 Å². The van der Waals surface area contributed by atoms with Crippen molar-refractivity contribution in [3.63, 3.8) is 0 Å². The van der Waals surface area contributed by atoms with E-state index in [0.29, 0.717) is 10.9 Å². The first-order chi connectivity index (χ1) is 12.8. The van der Waals surface area contributed by atoms with E-state index in [9.17, 15) is 0 Å². The molecule has 1 N–H and O–H groups in total. The van der Waals surface area contributed by atoms with Crippen LogP contribution in [0.4, 0.5) is 0 Å². The third-order valence-corrected chi connectivity index (χ3v) is 4.95. The molecule has 4 aromatic rings. The van der Waals surface area contributed by atoms with Crippen molar-refractivity contribution in [3.8, 4) is 22.7 Å². The second-order valence-corrected chi connectivity index (χ2v) is 6.80. The van der Waals surface area contributed by atoms with Crippen molar-refractivity contribution in [3.05, 3.63) is 71.9 Å². The molecule has 26 heavy (non-hydrogen) atoms. The van der Waals surface area contributed by atoms with E-state index in [1.54, 1.807) is 0 Å². The molecule has 0 saturated carbocycles. The van der Waals surface area contributed by atoms with Gasteiger partial charge in [0.25, 0.3) is 0 Å². The highest BCUT2D eigenvalue weighted by Gasteiger charge is 2.10. The van der Waals surface area contributed by atoms with Gasteiger partial charge in [0, 0.05) is 22.9 Å². The quantitative estimate of drug-likeness (QED) is 0.490. The van der Waals surface area contributed by atoms with Gasteiger partial charge in [0.1, 0.15) is 0 Å². The van der Waals surface area contributed by atoms with Crippen molar-refractivity contribution in [2.75, 3.05) is 0 Å². The summed E-state index contributed by atoms with van der Waals surface area (Å²) >= 11 is 1.53. The van der Waals surface area contributed by atoms with Crippen molar-refractivity contribution in [1.82, 2.24) is 20.3 Å². The standard InChI is InChI=1S/C20H18N4OS/c1-2-14-8-10-16(11-9-14)19-21-20(23-22-19)26-13-17-12-18(25-24-17)15-6-4-3-5-7-15/h3-12H,2,13H2,1H3,(H,21,22,23). The van der Waals surface area contributed by atoms with E-state index < -0.39 is 0 Å². The number of aryl methyl sites for hydroxylation is 1. The molecule has 6 heteroatoms. The maximum Gasteiger partial charge on any atom is 0.209 e. The highest BCUT2D eigenvalue weighted by Crippen LogP contribution is 2.25. The van der Waals surface area contributed by atoms with Crippen LogP contribution in [0.2, 0.25) is 0 Å². The minimum atomic E-state index is 0.655. The first-order valence-corrected chi connectivity index (χ1v) is 9.46. The molecular formula is C20H18N4OS. The average Bonchev–Trinajstić information content (AvgIpc) is 3.37. The fourth-order valence-electron chi connectivity index (χ4n) is 2.60. The van der Waals surface area contributed by atoms with E-state index in [1.807, 2.05) is 36.4 Å². The summed E-state index contributed by atoms with van der Waals surface area (Å²) in [6.07, 6.45) is 1.03. The Balaban J connectivity index is 1.41. The van der Waals surface area contributed by atoms with Crippen LogP contribution >= 0.6 is 11.8 Å². The van der Waals surface area contributed by atoms with E-state index in [2.05, 4.69) is 51.5 Å². The van der Waals surface area contributed by atoms with Crippen molar-refractivity contribution in [2.24, 2.45) is 0 Å². The second kappa shape index (κ2) is 7.58. The number of thioether (sulfide) groups is 1. The van der Waals surface area contributed by atoms with Gasteiger partial charge in [0.15, 0.2) is 11.6 Å². The third-order valence-electron chi connectivity index (χ3n) is 4.07. The third kappa shape index (κ3) is 3.70. The van der Waals surface area contributed by atoms with Gasteiger partial charge in [-0.3, -0.25) is 5.10 Å². The summed E-state index contributed by atoms with van der Waals surface area (Å²) in [5.74, 6) is 2.20. The summed E-state index contributed by atoms with van der Waals surface area (Å²) in [6.45, 7) is 2.14. The molecule has 0 spiro atoms. The number of rotatable bonds is 6. The Morgan fingerprint density at radius 2 is 1.81 bits per heavy atom.